The van der Waals surface area contributed by atoms with Gasteiger partial charge in [-0.05, 0) is 51.1 Å². The number of hydrogen-bond donors (Lipinski definition) is 3. The van der Waals surface area contributed by atoms with Crippen molar-refractivity contribution in [3.05, 3.63) is 23.8 Å². The maximum atomic E-state index is 12.3. The molecule has 26 heavy (non-hydrogen) atoms. The van der Waals surface area contributed by atoms with Crippen LogP contribution in [0.5, 0.6) is 0 Å². The first-order valence-electron chi connectivity index (χ1n) is 8.05. The standard InChI is InChI=1S/C16H23N3O5S.ClH/c1-11-6-7-12(9-14(11)25(23,24)17-2)18-15(20)10-19-8-4-3-5-13(19)16(21)22;/h6-7,9,13,17H,3-5,8,10H2,1-2H3,(H,18,20)(H,21,22);1H. The van der Waals surface area contributed by atoms with Gasteiger partial charge in [-0.25, -0.2) is 13.1 Å². The molecule has 1 fully saturated rings. The highest BCUT2D eigenvalue weighted by atomic mass is 35.5. The van der Waals surface area contributed by atoms with Crippen LogP contribution in [-0.2, 0) is 19.6 Å². The monoisotopic (exact) mass is 405 g/mol. The molecule has 0 spiro atoms. The first-order chi connectivity index (χ1) is 11.7. The molecule has 0 saturated carbocycles. The van der Waals surface area contributed by atoms with Gasteiger partial charge in [-0.1, -0.05) is 12.5 Å². The number of nitrogens with zero attached hydrogens (tertiary/aromatic N) is 1. The number of carbonyl (C=O) groups is 2. The van der Waals surface area contributed by atoms with E-state index in [4.69, 9.17) is 0 Å². The quantitative estimate of drug-likeness (QED) is 0.655. The molecule has 0 bridgehead atoms. The van der Waals surface area contributed by atoms with Gasteiger partial charge in [0.2, 0.25) is 15.9 Å². The van der Waals surface area contributed by atoms with E-state index in [1.165, 1.54) is 13.1 Å². The summed E-state index contributed by atoms with van der Waals surface area (Å²) in [4.78, 5) is 25.3. The smallest absolute Gasteiger partial charge is 0.320 e. The Balaban J connectivity index is 0.00000338. The van der Waals surface area contributed by atoms with Gasteiger partial charge in [-0.2, -0.15) is 0 Å². The molecule has 0 aromatic heterocycles. The van der Waals surface area contributed by atoms with E-state index < -0.39 is 22.0 Å². The SMILES string of the molecule is CNS(=O)(=O)c1cc(NC(=O)CN2CCCCC2C(=O)O)ccc1C.Cl. The summed E-state index contributed by atoms with van der Waals surface area (Å²) < 4.78 is 26.2. The molecule has 8 nitrogen and oxygen atoms in total. The van der Waals surface area contributed by atoms with Gasteiger partial charge in [0, 0.05) is 5.69 Å². The molecule has 1 aromatic rings. The molecule has 1 aliphatic rings. The molecule has 1 aromatic carbocycles. The lowest BCUT2D eigenvalue weighted by molar-refractivity contribution is -0.145. The molecule has 1 amide bonds. The second-order valence-corrected chi connectivity index (χ2v) is 7.91. The van der Waals surface area contributed by atoms with Gasteiger partial charge in [0.25, 0.3) is 0 Å². The number of nitrogens with one attached hydrogen (secondary N) is 2. The normalized spacial score (nSPS) is 18.0. The van der Waals surface area contributed by atoms with E-state index in [1.807, 2.05) is 0 Å². The number of likely N-dealkylation sites (tertiary alicyclic amines) is 1. The van der Waals surface area contributed by atoms with E-state index >= 15 is 0 Å². The van der Waals surface area contributed by atoms with Gasteiger partial charge in [-0.3, -0.25) is 14.5 Å². The Hall–Kier alpha value is -1.68. The Bertz CT molecular complexity index is 769. The lowest BCUT2D eigenvalue weighted by Crippen LogP contribution is -2.47. The molecule has 1 unspecified atom stereocenters. The number of hydrogen-bond acceptors (Lipinski definition) is 5. The fraction of sp³-hybridized carbons (Fsp3) is 0.500. The van der Waals surface area contributed by atoms with E-state index in [-0.39, 0.29) is 29.8 Å². The van der Waals surface area contributed by atoms with Crippen molar-refractivity contribution in [2.45, 2.75) is 37.1 Å². The van der Waals surface area contributed by atoms with Crippen LogP contribution in [0.15, 0.2) is 23.1 Å². The molecule has 1 saturated heterocycles. The van der Waals surface area contributed by atoms with Crippen LogP contribution in [0.25, 0.3) is 0 Å². The summed E-state index contributed by atoms with van der Waals surface area (Å²) in [6.07, 6.45) is 2.21. The fourth-order valence-electron chi connectivity index (χ4n) is 2.92. The van der Waals surface area contributed by atoms with E-state index in [2.05, 4.69) is 10.0 Å². The Morgan fingerprint density at radius 3 is 2.62 bits per heavy atom. The van der Waals surface area contributed by atoms with Crippen LogP contribution in [0.4, 0.5) is 5.69 Å². The maximum Gasteiger partial charge on any atom is 0.320 e. The third kappa shape index (κ3) is 5.41. The third-order valence-electron chi connectivity index (χ3n) is 4.28. The number of piperidine rings is 1. The Morgan fingerprint density at radius 2 is 2.00 bits per heavy atom. The largest absolute Gasteiger partial charge is 0.480 e. The average molecular weight is 406 g/mol. The number of carboxylic acid groups (broad SMARTS) is 1. The average Bonchev–Trinajstić information content (AvgIpc) is 2.56. The zero-order valence-corrected chi connectivity index (χ0v) is 16.3. The molecular weight excluding hydrogens is 382 g/mol. The minimum atomic E-state index is -3.62. The van der Waals surface area contributed by atoms with Gasteiger partial charge >= 0.3 is 5.97 Å². The first kappa shape index (κ1) is 22.4. The summed E-state index contributed by atoms with van der Waals surface area (Å²) in [6.45, 7) is 2.18. The first-order valence-corrected chi connectivity index (χ1v) is 9.54. The molecule has 3 N–H and O–H groups in total. The van der Waals surface area contributed by atoms with E-state index in [9.17, 15) is 23.1 Å². The third-order valence-corrected chi connectivity index (χ3v) is 5.83. The Labute approximate surface area is 159 Å². The number of aliphatic carboxylic acids is 1. The molecule has 146 valence electrons. The Morgan fingerprint density at radius 1 is 1.31 bits per heavy atom. The topological polar surface area (TPSA) is 116 Å². The van der Waals surface area contributed by atoms with E-state index in [0.717, 1.165) is 12.8 Å². The van der Waals surface area contributed by atoms with Crippen LogP contribution in [-0.4, -0.2) is 56.5 Å². The van der Waals surface area contributed by atoms with Crippen LogP contribution in [0.2, 0.25) is 0 Å². The number of carbonyl (C=O) groups excluding carboxylic acids is 1. The van der Waals surface area contributed by atoms with Gasteiger partial charge in [0.1, 0.15) is 6.04 Å². The Kier molecular flexibility index (Phi) is 8.01. The summed E-state index contributed by atoms with van der Waals surface area (Å²) in [5, 5.41) is 11.9. The number of benzene rings is 1. The lowest BCUT2D eigenvalue weighted by Gasteiger charge is -2.32. The number of anilines is 1. The van der Waals surface area contributed by atoms with E-state index in [1.54, 1.807) is 24.0 Å². The van der Waals surface area contributed by atoms with Crippen molar-refractivity contribution in [1.29, 1.82) is 0 Å². The number of rotatable bonds is 6. The van der Waals surface area contributed by atoms with Gasteiger partial charge in [0.05, 0.1) is 11.4 Å². The van der Waals surface area contributed by atoms with Gasteiger partial charge in [-0.15, -0.1) is 12.4 Å². The van der Waals surface area contributed by atoms with Crippen molar-refractivity contribution in [3.63, 3.8) is 0 Å². The maximum absolute atomic E-state index is 12.3. The predicted molar refractivity (Wildman–Crippen MR) is 100 cm³/mol. The predicted octanol–water partition coefficient (Wildman–Crippen LogP) is 1.20. The van der Waals surface area contributed by atoms with Crippen LogP contribution in [0.1, 0.15) is 24.8 Å². The zero-order valence-electron chi connectivity index (χ0n) is 14.7. The fourth-order valence-corrected chi connectivity index (χ4v) is 3.92. The molecule has 1 heterocycles. The second kappa shape index (κ2) is 9.31. The van der Waals surface area contributed by atoms with Crippen LogP contribution < -0.4 is 10.0 Å². The van der Waals surface area contributed by atoms with Crippen LogP contribution >= 0.6 is 12.4 Å². The van der Waals surface area contributed by atoms with Gasteiger partial charge < -0.3 is 10.4 Å². The van der Waals surface area contributed by atoms with Crippen LogP contribution in [0.3, 0.4) is 0 Å². The number of halogens is 1. The summed E-state index contributed by atoms with van der Waals surface area (Å²) in [6, 6.07) is 3.97. The van der Waals surface area contributed by atoms with Crippen molar-refractivity contribution in [2.75, 3.05) is 25.5 Å². The zero-order chi connectivity index (χ0) is 18.6. The van der Waals surface area contributed by atoms with Crippen molar-refractivity contribution >= 4 is 40.0 Å². The summed E-state index contributed by atoms with van der Waals surface area (Å²) in [5.41, 5.74) is 0.919. The summed E-state index contributed by atoms with van der Waals surface area (Å²) in [7, 11) is -2.30. The molecule has 0 aliphatic carbocycles. The molecule has 1 atom stereocenters. The molecule has 0 radical (unpaired) electrons. The minimum absolute atomic E-state index is 0. The highest BCUT2D eigenvalue weighted by Crippen LogP contribution is 2.21. The van der Waals surface area contributed by atoms with Crippen LogP contribution in [0, 0.1) is 6.92 Å². The van der Waals surface area contributed by atoms with Crippen molar-refractivity contribution in [1.82, 2.24) is 9.62 Å². The van der Waals surface area contributed by atoms with Crippen molar-refractivity contribution < 1.29 is 23.1 Å². The number of sulfonamides is 1. The summed E-state index contributed by atoms with van der Waals surface area (Å²) in [5.74, 6) is -1.30. The molecule has 2 rings (SSSR count). The van der Waals surface area contributed by atoms with Crippen molar-refractivity contribution in [2.24, 2.45) is 0 Å². The van der Waals surface area contributed by atoms with Crippen molar-refractivity contribution in [3.8, 4) is 0 Å². The number of amides is 1. The summed E-state index contributed by atoms with van der Waals surface area (Å²) >= 11 is 0. The number of aryl methyl sites for hydroxylation is 1. The highest BCUT2D eigenvalue weighted by molar-refractivity contribution is 7.89. The molecule has 10 heteroatoms. The second-order valence-electron chi connectivity index (χ2n) is 6.06. The van der Waals surface area contributed by atoms with E-state index in [0.29, 0.717) is 24.2 Å². The molecular formula is C16H24ClN3O5S. The molecule has 1 aliphatic heterocycles. The highest BCUT2D eigenvalue weighted by Gasteiger charge is 2.29. The lowest BCUT2D eigenvalue weighted by atomic mass is 10.0. The number of carboxylic acids is 1. The van der Waals surface area contributed by atoms with Gasteiger partial charge in [0.15, 0.2) is 0 Å². The minimum Gasteiger partial charge on any atom is -0.480 e.